The molecular weight excluding hydrogens is 522 g/mol. The molecule has 0 N–H and O–H groups in total. The SMILES string of the molecule is COC(=O)C1C(C)=NC(C)=C(C(=O)OC(CN(C)Cc2ccccc2)c2ccccc2)C1c1cccc([N+](=O)[O-])c1. The summed E-state index contributed by atoms with van der Waals surface area (Å²) in [6.45, 7) is 4.41. The number of hydrogen-bond acceptors (Lipinski definition) is 8. The number of esters is 2. The van der Waals surface area contributed by atoms with Crippen molar-refractivity contribution in [2.24, 2.45) is 10.9 Å². The summed E-state index contributed by atoms with van der Waals surface area (Å²) in [7, 11) is 3.21. The fourth-order valence-electron chi connectivity index (χ4n) is 5.24. The van der Waals surface area contributed by atoms with Crippen molar-refractivity contribution < 1.29 is 24.0 Å². The van der Waals surface area contributed by atoms with E-state index in [2.05, 4.69) is 9.89 Å². The van der Waals surface area contributed by atoms with E-state index >= 15 is 0 Å². The molecule has 9 nitrogen and oxygen atoms in total. The molecule has 1 aliphatic rings. The third-order valence-electron chi connectivity index (χ3n) is 7.14. The Balaban J connectivity index is 1.71. The van der Waals surface area contributed by atoms with Gasteiger partial charge >= 0.3 is 11.9 Å². The third kappa shape index (κ3) is 6.93. The number of nitro groups is 1. The van der Waals surface area contributed by atoms with Gasteiger partial charge in [0.05, 0.1) is 17.6 Å². The summed E-state index contributed by atoms with van der Waals surface area (Å²) in [6, 6.07) is 25.4. The van der Waals surface area contributed by atoms with Crippen molar-refractivity contribution in [3.8, 4) is 0 Å². The second kappa shape index (κ2) is 13.1. The van der Waals surface area contributed by atoms with Crippen molar-refractivity contribution in [1.82, 2.24) is 4.90 Å². The topological polar surface area (TPSA) is 111 Å². The fraction of sp³-hybridized carbons (Fsp3) is 0.281. The van der Waals surface area contributed by atoms with Gasteiger partial charge in [0.1, 0.15) is 12.0 Å². The van der Waals surface area contributed by atoms with E-state index in [1.807, 2.05) is 67.7 Å². The third-order valence-corrected chi connectivity index (χ3v) is 7.14. The lowest BCUT2D eigenvalue weighted by Gasteiger charge is -2.32. The number of likely N-dealkylation sites (N-methyl/N-ethyl adjacent to an activating group) is 1. The monoisotopic (exact) mass is 555 g/mol. The minimum absolute atomic E-state index is 0.152. The molecule has 3 aromatic carbocycles. The first-order valence-corrected chi connectivity index (χ1v) is 13.3. The van der Waals surface area contributed by atoms with Gasteiger partial charge < -0.3 is 9.47 Å². The first-order valence-electron chi connectivity index (χ1n) is 13.3. The van der Waals surface area contributed by atoms with E-state index in [1.54, 1.807) is 19.9 Å². The Kier molecular flexibility index (Phi) is 9.41. The Hall–Kier alpha value is -4.63. The predicted octanol–water partition coefficient (Wildman–Crippen LogP) is 5.63. The summed E-state index contributed by atoms with van der Waals surface area (Å²) in [6.07, 6.45) is -0.632. The number of allylic oxidation sites excluding steroid dienone is 1. The first-order chi connectivity index (χ1) is 19.7. The maximum absolute atomic E-state index is 14.0. The van der Waals surface area contributed by atoms with Crippen LogP contribution in [0.2, 0.25) is 0 Å². The van der Waals surface area contributed by atoms with Crippen LogP contribution < -0.4 is 0 Å². The van der Waals surface area contributed by atoms with E-state index in [9.17, 15) is 19.7 Å². The van der Waals surface area contributed by atoms with Crippen molar-refractivity contribution in [3.05, 3.63) is 123 Å². The van der Waals surface area contributed by atoms with Crippen LogP contribution in [0.15, 0.2) is 101 Å². The summed E-state index contributed by atoms with van der Waals surface area (Å²) in [5, 5.41) is 11.6. The molecule has 0 saturated carbocycles. The number of nitrogens with zero attached hydrogens (tertiary/aromatic N) is 3. The van der Waals surface area contributed by atoms with Gasteiger partial charge in [-0.1, -0.05) is 72.8 Å². The zero-order valence-corrected chi connectivity index (χ0v) is 23.5. The fourth-order valence-corrected chi connectivity index (χ4v) is 5.24. The summed E-state index contributed by atoms with van der Waals surface area (Å²) in [5.41, 5.74) is 3.20. The molecule has 0 spiro atoms. The van der Waals surface area contributed by atoms with Crippen molar-refractivity contribution in [2.75, 3.05) is 20.7 Å². The number of ether oxygens (including phenoxy) is 2. The number of non-ortho nitro benzene ring substituents is 1. The predicted molar refractivity (Wildman–Crippen MR) is 155 cm³/mol. The quantitative estimate of drug-likeness (QED) is 0.181. The Bertz CT molecular complexity index is 1470. The highest BCUT2D eigenvalue weighted by Gasteiger charge is 2.43. The molecule has 3 atom stereocenters. The highest BCUT2D eigenvalue weighted by Crippen LogP contribution is 2.41. The van der Waals surface area contributed by atoms with Crippen LogP contribution in [-0.2, 0) is 25.6 Å². The number of hydrogen-bond donors (Lipinski definition) is 0. The van der Waals surface area contributed by atoms with Gasteiger partial charge in [0.2, 0.25) is 0 Å². The van der Waals surface area contributed by atoms with Crippen molar-refractivity contribution >= 4 is 23.3 Å². The number of rotatable bonds is 10. The summed E-state index contributed by atoms with van der Waals surface area (Å²) < 4.78 is 11.3. The minimum atomic E-state index is -0.954. The molecule has 0 aromatic heterocycles. The van der Waals surface area contributed by atoms with Gasteiger partial charge in [-0.15, -0.1) is 0 Å². The number of benzene rings is 3. The van der Waals surface area contributed by atoms with Crippen molar-refractivity contribution in [3.63, 3.8) is 0 Å². The molecule has 3 aromatic rings. The molecule has 3 unspecified atom stereocenters. The van der Waals surface area contributed by atoms with E-state index < -0.39 is 34.8 Å². The maximum atomic E-state index is 14.0. The van der Waals surface area contributed by atoms with Gasteiger partial charge in [0.15, 0.2) is 0 Å². The first kappa shape index (κ1) is 29.4. The normalized spacial score (nSPS) is 17.5. The molecule has 9 heteroatoms. The van der Waals surface area contributed by atoms with Crippen molar-refractivity contribution in [1.29, 1.82) is 0 Å². The molecule has 0 fully saturated rings. The van der Waals surface area contributed by atoms with Gasteiger partial charge in [-0.25, -0.2) is 4.79 Å². The van der Waals surface area contributed by atoms with Crippen LogP contribution in [-0.4, -0.2) is 48.2 Å². The molecule has 4 rings (SSSR count). The zero-order chi connectivity index (χ0) is 29.5. The standard InChI is InChI=1S/C32H33N3O6/c1-21-28(31(36)40-4)30(25-16-11-17-26(18-25)35(38)39)29(22(2)33-21)32(37)41-27(24-14-9-6-10-15-24)20-34(3)19-23-12-7-5-8-13-23/h5-18,27-28,30H,19-20H2,1-4H3. The van der Waals surface area contributed by atoms with Gasteiger partial charge in [0, 0.05) is 42.5 Å². The summed E-state index contributed by atoms with van der Waals surface area (Å²) in [4.78, 5) is 44.7. The summed E-state index contributed by atoms with van der Waals surface area (Å²) in [5.74, 6) is -3.08. The van der Waals surface area contributed by atoms with Crippen LogP contribution in [0.4, 0.5) is 5.69 Å². The lowest BCUT2D eigenvalue weighted by molar-refractivity contribution is -0.384. The molecule has 1 heterocycles. The Morgan fingerprint density at radius 3 is 2.29 bits per heavy atom. The molecule has 0 saturated heterocycles. The highest BCUT2D eigenvalue weighted by atomic mass is 16.6. The number of carbonyl (C=O) groups is 2. The van der Waals surface area contributed by atoms with Crippen LogP contribution in [0.25, 0.3) is 0 Å². The zero-order valence-electron chi connectivity index (χ0n) is 23.5. The van der Waals surface area contributed by atoms with Gasteiger partial charge in [-0.3, -0.25) is 24.8 Å². The van der Waals surface area contributed by atoms with Gasteiger partial charge in [0.25, 0.3) is 5.69 Å². The average Bonchev–Trinajstić information content (AvgIpc) is 2.97. The smallest absolute Gasteiger partial charge is 0.337 e. The van der Waals surface area contributed by atoms with Crippen LogP contribution in [0, 0.1) is 16.0 Å². The van der Waals surface area contributed by atoms with E-state index in [0.29, 0.717) is 30.1 Å². The van der Waals surface area contributed by atoms with E-state index in [4.69, 9.17) is 9.47 Å². The van der Waals surface area contributed by atoms with Crippen LogP contribution in [0.5, 0.6) is 0 Å². The molecule has 0 amide bonds. The second-order valence-electron chi connectivity index (χ2n) is 10.1. The largest absolute Gasteiger partial charge is 0.468 e. The van der Waals surface area contributed by atoms with Crippen LogP contribution in [0.1, 0.15) is 42.6 Å². The Morgan fingerprint density at radius 2 is 1.66 bits per heavy atom. The Morgan fingerprint density at radius 1 is 1.00 bits per heavy atom. The lowest BCUT2D eigenvalue weighted by atomic mass is 9.75. The van der Waals surface area contributed by atoms with E-state index in [0.717, 1.165) is 11.1 Å². The second-order valence-corrected chi connectivity index (χ2v) is 10.1. The molecule has 212 valence electrons. The number of aliphatic imine (C=N–C) groups is 1. The molecule has 0 bridgehead atoms. The van der Waals surface area contributed by atoms with Gasteiger partial charge in [-0.05, 0) is 37.6 Å². The van der Waals surface area contributed by atoms with Crippen LogP contribution >= 0.6 is 0 Å². The molecule has 1 aliphatic heterocycles. The van der Waals surface area contributed by atoms with Crippen molar-refractivity contribution in [2.45, 2.75) is 32.4 Å². The molecule has 0 aliphatic carbocycles. The van der Waals surface area contributed by atoms with E-state index in [1.165, 1.54) is 25.3 Å². The summed E-state index contributed by atoms with van der Waals surface area (Å²) >= 11 is 0. The number of carbonyl (C=O) groups excluding carboxylic acids is 2. The highest BCUT2D eigenvalue weighted by molar-refractivity contribution is 6.07. The maximum Gasteiger partial charge on any atom is 0.337 e. The molecule has 0 radical (unpaired) electrons. The molecule has 41 heavy (non-hydrogen) atoms. The minimum Gasteiger partial charge on any atom is -0.468 e. The van der Waals surface area contributed by atoms with E-state index in [-0.39, 0.29) is 11.3 Å². The molecular formula is C32H33N3O6. The Labute approximate surface area is 239 Å². The number of nitro benzene ring substituents is 1. The van der Waals surface area contributed by atoms with Gasteiger partial charge in [-0.2, -0.15) is 0 Å². The van der Waals surface area contributed by atoms with Crippen LogP contribution in [0.3, 0.4) is 0 Å². The number of methoxy groups -OCH3 is 1. The lowest BCUT2D eigenvalue weighted by Crippen LogP contribution is -2.37. The average molecular weight is 556 g/mol.